The Hall–Kier alpha value is -2.22. The van der Waals surface area contributed by atoms with Crippen LogP contribution in [0.1, 0.15) is 32.8 Å². The Morgan fingerprint density at radius 2 is 1.90 bits per heavy atom. The lowest BCUT2D eigenvalue weighted by molar-refractivity contribution is -0.999. The molecule has 0 bridgehead atoms. The van der Waals surface area contributed by atoms with Crippen molar-refractivity contribution in [1.82, 2.24) is 0 Å². The molecule has 0 spiro atoms. The first-order chi connectivity index (χ1) is 14.0. The summed E-state index contributed by atoms with van der Waals surface area (Å²) in [6.07, 6.45) is 2.98. The zero-order valence-corrected chi connectivity index (χ0v) is 18.0. The molecule has 1 saturated heterocycles. The quantitative estimate of drug-likeness (QED) is 0.563. The van der Waals surface area contributed by atoms with E-state index in [4.69, 9.17) is 0 Å². The Kier molecular flexibility index (Phi) is 5.99. The summed E-state index contributed by atoms with van der Waals surface area (Å²) in [5.74, 6) is -0.120. The second-order valence-corrected chi connectivity index (χ2v) is 9.42. The highest BCUT2D eigenvalue weighted by Gasteiger charge is 2.29. The normalized spacial score (nSPS) is 20.9. The van der Waals surface area contributed by atoms with Crippen LogP contribution in [0, 0.1) is 6.92 Å². The van der Waals surface area contributed by atoms with Gasteiger partial charge < -0.3 is 20.4 Å². The number of nitrogens with one attached hydrogen (secondary N) is 4. The monoisotopic (exact) mass is 414 g/mol. The van der Waals surface area contributed by atoms with Gasteiger partial charge in [0.05, 0.1) is 12.6 Å². The minimum atomic E-state index is -0.124. The van der Waals surface area contributed by atoms with Crippen LogP contribution in [0.15, 0.2) is 24.3 Å². The highest BCUT2D eigenvalue weighted by Crippen LogP contribution is 2.39. The summed E-state index contributed by atoms with van der Waals surface area (Å²) < 4.78 is 0. The van der Waals surface area contributed by atoms with Crippen LogP contribution in [0.4, 0.5) is 10.7 Å². The highest BCUT2D eigenvalue weighted by molar-refractivity contribution is 7.17. The van der Waals surface area contributed by atoms with Gasteiger partial charge in [0.25, 0.3) is 11.8 Å². The second-order valence-electron chi connectivity index (χ2n) is 8.32. The molecule has 0 atom stereocenters. The third kappa shape index (κ3) is 4.69. The Morgan fingerprint density at radius 1 is 1.10 bits per heavy atom. The van der Waals surface area contributed by atoms with Crippen LogP contribution in [0.25, 0.3) is 0 Å². The molecule has 4 rings (SSSR count). The molecule has 2 aliphatic rings. The third-order valence-corrected chi connectivity index (χ3v) is 7.11. The number of amides is 2. The molecule has 1 aromatic heterocycles. The Bertz CT molecular complexity index is 916. The molecule has 1 aliphatic heterocycles. The van der Waals surface area contributed by atoms with Crippen molar-refractivity contribution < 1.29 is 19.4 Å². The van der Waals surface area contributed by atoms with Crippen LogP contribution in [0.5, 0.6) is 0 Å². The molecule has 2 heterocycles. The number of thiophene rings is 1. The maximum Gasteiger partial charge on any atom is 0.280 e. The van der Waals surface area contributed by atoms with Crippen LogP contribution in [-0.4, -0.2) is 51.6 Å². The van der Waals surface area contributed by atoms with Gasteiger partial charge in [-0.05, 0) is 49.4 Å². The first-order valence-electron chi connectivity index (χ1n) is 10.5. The molecule has 2 aromatic rings. The first kappa shape index (κ1) is 20.1. The van der Waals surface area contributed by atoms with Crippen LogP contribution in [0.3, 0.4) is 0 Å². The van der Waals surface area contributed by atoms with Gasteiger partial charge in [0.2, 0.25) is 0 Å². The van der Waals surface area contributed by atoms with Gasteiger partial charge in [-0.15, -0.1) is 11.3 Å². The van der Waals surface area contributed by atoms with E-state index in [0.29, 0.717) is 17.1 Å². The first-order valence-corrected chi connectivity index (χ1v) is 11.3. The van der Waals surface area contributed by atoms with E-state index in [0.717, 1.165) is 62.3 Å². The molecule has 4 N–H and O–H groups in total. The molecular weight excluding hydrogens is 384 g/mol. The van der Waals surface area contributed by atoms with E-state index in [1.807, 2.05) is 31.2 Å². The number of quaternary nitrogens is 2. The molecule has 154 valence electrons. The smallest absolute Gasteiger partial charge is 0.280 e. The maximum absolute atomic E-state index is 13.1. The second kappa shape index (κ2) is 8.65. The SMILES string of the molecule is Cc1cccc(NC(=O)c2c(NC(=O)C[NH+]3CC[NH+](C)CC3)sc3c2CCC3)c1. The number of hydrogen-bond acceptors (Lipinski definition) is 3. The molecule has 2 amide bonds. The number of hydrogen-bond donors (Lipinski definition) is 4. The summed E-state index contributed by atoms with van der Waals surface area (Å²) in [6.45, 7) is 6.70. The van der Waals surface area contributed by atoms with Crippen LogP contribution < -0.4 is 20.4 Å². The fourth-order valence-electron chi connectivity index (χ4n) is 4.25. The Balaban J connectivity index is 1.49. The topological polar surface area (TPSA) is 67.1 Å². The summed E-state index contributed by atoms with van der Waals surface area (Å²) in [5.41, 5.74) is 3.67. The lowest BCUT2D eigenvalue weighted by Gasteiger charge is -2.26. The molecule has 7 heteroatoms. The van der Waals surface area contributed by atoms with Crippen molar-refractivity contribution in [2.24, 2.45) is 0 Å². The summed E-state index contributed by atoms with van der Waals surface area (Å²) >= 11 is 1.58. The fourth-order valence-corrected chi connectivity index (χ4v) is 5.56. The molecule has 1 aromatic carbocycles. The molecule has 0 unspecified atom stereocenters. The number of piperazine rings is 1. The molecule has 0 saturated carbocycles. The fraction of sp³-hybridized carbons (Fsp3) is 0.455. The van der Waals surface area contributed by atoms with Crippen molar-refractivity contribution in [1.29, 1.82) is 0 Å². The largest absolute Gasteiger partial charge is 0.328 e. The van der Waals surface area contributed by atoms with E-state index < -0.39 is 0 Å². The molecular formula is C22H30N4O2S+2. The van der Waals surface area contributed by atoms with Gasteiger partial charge in [0, 0.05) is 10.6 Å². The third-order valence-electron chi connectivity index (χ3n) is 5.90. The van der Waals surface area contributed by atoms with Crippen LogP contribution in [-0.2, 0) is 17.6 Å². The number of rotatable bonds is 5. The average Bonchev–Trinajstić information content (AvgIpc) is 3.24. The molecule has 29 heavy (non-hydrogen) atoms. The standard InChI is InChI=1S/C22H28N4O2S/c1-15-5-3-6-16(13-15)23-21(28)20-17-7-4-8-18(17)29-22(20)24-19(27)14-26-11-9-25(2)10-12-26/h3,5-6,13H,4,7-12,14H2,1-2H3,(H,23,28)(H,24,27)/p+2. The molecule has 1 aliphatic carbocycles. The predicted molar refractivity (Wildman–Crippen MR) is 116 cm³/mol. The van der Waals surface area contributed by atoms with Crippen molar-refractivity contribution in [3.8, 4) is 0 Å². The van der Waals surface area contributed by atoms with E-state index in [2.05, 4.69) is 17.7 Å². The van der Waals surface area contributed by atoms with Crippen molar-refractivity contribution in [2.45, 2.75) is 26.2 Å². The van der Waals surface area contributed by atoms with Gasteiger partial charge >= 0.3 is 0 Å². The highest BCUT2D eigenvalue weighted by atomic mass is 32.1. The predicted octanol–water partition coefficient (Wildman–Crippen LogP) is 0.149. The molecule has 6 nitrogen and oxygen atoms in total. The van der Waals surface area contributed by atoms with Crippen molar-refractivity contribution in [2.75, 3.05) is 50.4 Å². The minimum Gasteiger partial charge on any atom is -0.328 e. The summed E-state index contributed by atoms with van der Waals surface area (Å²) in [5, 5.41) is 6.80. The van der Waals surface area contributed by atoms with E-state index in [1.165, 1.54) is 14.7 Å². The number of carbonyl (C=O) groups excluding carboxylic acids is 2. The number of aryl methyl sites for hydroxylation is 2. The molecule has 1 fully saturated rings. The van der Waals surface area contributed by atoms with Gasteiger partial charge in [0.1, 0.15) is 31.2 Å². The van der Waals surface area contributed by atoms with Gasteiger partial charge in [0.15, 0.2) is 6.54 Å². The van der Waals surface area contributed by atoms with Crippen LogP contribution >= 0.6 is 11.3 Å². The summed E-state index contributed by atoms with van der Waals surface area (Å²) in [4.78, 5) is 29.9. The van der Waals surface area contributed by atoms with Gasteiger partial charge in [-0.2, -0.15) is 0 Å². The van der Waals surface area contributed by atoms with E-state index in [9.17, 15) is 9.59 Å². The average molecular weight is 415 g/mol. The minimum absolute atomic E-state index is 0.00378. The van der Waals surface area contributed by atoms with Crippen molar-refractivity contribution in [3.63, 3.8) is 0 Å². The van der Waals surface area contributed by atoms with Gasteiger partial charge in [-0.1, -0.05) is 12.1 Å². The van der Waals surface area contributed by atoms with Gasteiger partial charge in [-0.3, -0.25) is 9.59 Å². The van der Waals surface area contributed by atoms with Crippen molar-refractivity contribution >= 4 is 33.8 Å². The number of likely N-dealkylation sites (N-methyl/N-ethyl adjacent to an activating group) is 1. The number of benzene rings is 1. The number of carbonyl (C=O) groups is 2. The molecule has 0 radical (unpaired) electrons. The number of fused-ring (bicyclic) bond motifs is 1. The van der Waals surface area contributed by atoms with E-state index >= 15 is 0 Å². The summed E-state index contributed by atoms with van der Waals surface area (Å²) in [7, 11) is 2.20. The van der Waals surface area contributed by atoms with Crippen LogP contribution in [0.2, 0.25) is 0 Å². The zero-order chi connectivity index (χ0) is 20.4. The maximum atomic E-state index is 13.1. The summed E-state index contributed by atoms with van der Waals surface area (Å²) in [6, 6.07) is 7.80. The lowest BCUT2D eigenvalue weighted by atomic mass is 10.1. The number of anilines is 2. The zero-order valence-electron chi connectivity index (χ0n) is 17.2. The lowest BCUT2D eigenvalue weighted by Crippen LogP contribution is -3.27. The van der Waals surface area contributed by atoms with Gasteiger partial charge in [-0.25, -0.2) is 0 Å². The van der Waals surface area contributed by atoms with E-state index in [-0.39, 0.29) is 11.8 Å². The Labute approximate surface area is 175 Å². The van der Waals surface area contributed by atoms with Crippen molar-refractivity contribution in [3.05, 3.63) is 45.8 Å². The Morgan fingerprint density at radius 3 is 2.66 bits per heavy atom. The van der Waals surface area contributed by atoms with E-state index in [1.54, 1.807) is 11.3 Å².